The van der Waals surface area contributed by atoms with Crippen LogP contribution in [0.25, 0.3) is 0 Å². The van der Waals surface area contributed by atoms with Crippen molar-refractivity contribution in [3.05, 3.63) is 0 Å². The third-order valence-electron chi connectivity index (χ3n) is 4.25. The fourth-order valence-corrected chi connectivity index (χ4v) is 2.78. The summed E-state index contributed by atoms with van der Waals surface area (Å²) < 4.78 is 0. The zero-order valence-corrected chi connectivity index (χ0v) is 12.4. The van der Waals surface area contributed by atoms with Crippen LogP contribution in [0.4, 0.5) is 0 Å². The normalized spacial score (nSPS) is 29.5. The largest absolute Gasteiger partial charge is 0.409 e. The summed E-state index contributed by atoms with van der Waals surface area (Å²) in [7, 11) is 0. The third kappa shape index (κ3) is 4.99. The minimum absolute atomic E-state index is 0.249. The first-order valence-corrected chi connectivity index (χ1v) is 7.20. The molecule has 1 aliphatic rings. The van der Waals surface area contributed by atoms with Crippen LogP contribution in [0.5, 0.6) is 0 Å². The second-order valence-corrected chi connectivity index (χ2v) is 6.72. The number of hydrogen-bond donors (Lipinski definition) is 4. The van der Waals surface area contributed by atoms with Crippen LogP contribution in [0.1, 0.15) is 52.9 Å². The van der Waals surface area contributed by atoms with Crippen molar-refractivity contribution in [3.63, 3.8) is 0 Å². The molecule has 0 aromatic carbocycles. The maximum absolute atomic E-state index is 10.5. The lowest BCUT2D eigenvalue weighted by Crippen LogP contribution is -2.45. The minimum Gasteiger partial charge on any atom is -0.409 e. The van der Waals surface area contributed by atoms with E-state index >= 15 is 0 Å². The molecule has 112 valence electrons. The van der Waals surface area contributed by atoms with Crippen LogP contribution in [-0.2, 0) is 0 Å². The SMILES string of the molecule is CC1CCCC(O)(CNCCC(C)(C)C(N)=NO)C1. The molecule has 0 spiro atoms. The summed E-state index contributed by atoms with van der Waals surface area (Å²) in [6.07, 6.45) is 4.86. The molecule has 0 aromatic heterocycles. The number of rotatable bonds is 6. The zero-order valence-electron chi connectivity index (χ0n) is 12.4. The third-order valence-corrected chi connectivity index (χ3v) is 4.25. The molecule has 0 aliphatic heterocycles. The van der Waals surface area contributed by atoms with Gasteiger partial charge in [-0.25, -0.2) is 0 Å². The molecule has 5 heteroatoms. The van der Waals surface area contributed by atoms with Crippen molar-refractivity contribution in [1.29, 1.82) is 0 Å². The highest BCUT2D eigenvalue weighted by molar-refractivity contribution is 5.85. The van der Waals surface area contributed by atoms with Crippen LogP contribution < -0.4 is 11.1 Å². The molecule has 2 atom stereocenters. The van der Waals surface area contributed by atoms with E-state index in [1.54, 1.807) is 0 Å². The summed E-state index contributed by atoms with van der Waals surface area (Å²) in [5.41, 5.74) is 4.76. The Hall–Kier alpha value is -0.810. The lowest BCUT2D eigenvalue weighted by atomic mass is 9.79. The Balaban J connectivity index is 2.31. The summed E-state index contributed by atoms with van der Waals surface area (Å²) >= 11 is 0. The van der Waals surface area contributed by atoms with Crippen molar-refractivity contribution in [2.45, 2.75) is 58.5 Å². The first-order chi connectivity index (χ1) is 8.79. The summed E-state index contributed by atoms with van der Waals surface area (Å²) in [6.45, 7) is 7.47. The number of nitrogens with one attached hydrogen (secondary N) is 1. The quantitative estimate of drug-likeness (QED) is 0.194. The highest BCUT2D eigenvalue weighted by Gasteiger charge is 2.32. The van der Waals surface area contributed by atoms with Gasteiger partial charge in [0.05, 0.1) is 5.60 Å². The van der Waals surface area contributed by atoms with E-state index in [0.717, 1.165) is 32.2 Å². The Bertz CT molecular complexity index is 318. The Morgan fingerprint density at radius 1 is 1.53 bits per heavy atom. The van der Waals surface area contributed by atoms with Crippen LogP contribution in [0, 0.1) is 11.3 Å². The molecule has 19 heavy (non-hydrogen) atoms. The lowest BCUT2D eigenvalue weighted by Gasteiger charge is -2.36. The van der Waals surface area contributed by atoms with Crippen molar-refractivity contribution in [2.24, 2.45) is 22.2 Å². The maximum Gasteiger partial charge on any atom is 0.144 e. The molecule has 0 saturated heterocycles. The van der Waals surface area contributed by atoms with Gasteiger partial charge in [0.25, 0.3) is 0 Å². The second-order valence-electron chi connectivity index (χ2n) is 6.72. The van der Waals surface area contributed by atoms with E-state index in [9.17, 15) is 5.11 Å². The van der Waals surface area contributed by atoms with Crippen LogP contribution in [0.2, 0.25) is 0 Å². The van der Waals surface area contributed by atoms with Gasteiger partial charge in [-0.1, -0.05) is 38.8 Å². The van der Waals surface area contributed by atoms with Gasteiger partial charge in [-0.3, -0.25) is 0 Å². The molecule has 2 unspecified atom stereocenters. The van der Waals surface area contributed by atoms with E-state index in [4.69, 9.17) is 10.9 Å². The predicted octanol–water partition coefficient (Wildman–Crippen LogP) is 1.68. The van der Waals surface area contributed by atoms with Crippen LogP contribution in [0.15, 0.2) is 5.16 Å². The summed E-state index contributed by atoms with van der Waals surface area (Å²) in [5, 5.41) is 25.6. The molecule has 0 radical (unpaired) electrons. The Morgan fingerprint density at radius 3 is 2.79 bits per heavy atom. The Morgan fingerprint density at radius 2 is 2.21 bits per heavy atom. The predicted molar refractivity (Wildman–Crippen MR) is 77.3 cm³/mol. The van der Waals surface area contributed by atoms with Crippen molar-refractivity contribution < 1.29 is 10.3 Å². The van der Waals surface area contributed by atoms with Crippen LogP contribution in [-0.4, -0.2) is 34.8 Å². The number of oxime groups is 1. The summed E-state index contributed by atoms with van der Waals surface area (Å²) in [5.74, 6) is 0.855. The standard InChI is InChI=1S/C14H29N3O2/c1-11-5-4-6-14(18,9-11)10-16-8-7-13(2,3)12(15)17-19/h11,16,18-19H,4-10H2,1-3H3,(H2,15,17). The first kappa shape index (κ1) is 16.2. The second kappa shape index (κ2) is 6.57. The molecular formula is C14H29N3O2. The molecule has 5 N–H and O–H groups in total. The molecule has 1 rings (SSSR count). The molecule has 0 amide bonds. The van der Waals surface area contributed by atoms with E-state index < -0.39 is 5.60 Å². The highest BCUT2D eigenvalue weighted by atomic mass is 16.4. The van der Waals surface area contributed by atoms with E-state index in [1.807, 2.05) is 13.8 Å². The zero-order chi connectivity index (χ0) is 14.5. The van der Waals surface area contributed by atoms with Crippen molar-refractivity contribution >= 4 is 5.84 Å². The molecule has 1 aliphatic carbocycles. The van der Waals surface area contributed by atoms with Crippen molar-refractivity contribution in [1.82, 2.24) is 5.32 Å². The fourth-order valence-electron chi connectivity index (χ4n) is 2.78. The number of amidine groups is 1. The fraction of sp³-hybridized carbons (Fsp3) is 0.929. The van der Waals surface area contributed by atoms with Gasteiger partial charge in [0.1, 0.15) is 5.84 Å². The number of nitrogens with two attached hydrogens (primary N) is 1. The number of nitrogens with zero attached hydrogens (tertiary/aromatic N) is 1. The molecule has 1 fully saturated rings. The Kier molecular flexibility index (Phi) is 5.62. The van der Waals surface area contributed by atoms with Gasteiger partial charge in [-0.15, -0.1) is 0 Å². The van der Waals surface area contributed by atoms with E-state index in [2.05, 4.69) is 17.4 Å². The van der Waals surface area contributed by atoms with Crippen LogP contribution >= 0.6 is 0 Å². The first-order valence-electron chi connectivity index (χ1n) is 7.20. The van der Waals surface area contributed by atoms with Gasteiger partial charge in [-0.05, 0) is 31.7 Å². The molecule has 1 saturated carbocycles. The Labute approximate surface area is 116 Å². The molecule has 0 bridgehead atoms. The molecule has 0 heterocycles. The van der Waals surface area contributed by atoms with Gasteiger partial charge in [0.2, 0.25) is 0 Å². The molecule has 0 aromatic rings. The molecular weight excluding hydrogens is 242 g/mol. The average Bonchev–Trinajstić information content (AvgIpc) is 2.33. The molecule has 5 nitrogen and oxygen atoms in total. The van der Waals surface area contributed by atoms with Gasteiger partial charge < -0.3 is 21.4 Å². The maximum atomic E-state index is 10.5. The van der Waals surface area contributed by atoms with Gasteiger partial charge in [0, 0.05) is 12.0 Å². The van der Waals surface area contributed by atoms with Gasteiger partial charge >= 0.3 is 0 Å². The average molecular weight is 271 g/mol. The topological polar surface area (TPSA) is 90.9 Å². The minimum atomic E-state index is -0.557. The van der Waals surface area contributed by atoms with Crippen LogP contribution in [0.3, 0.4) is 0 Å². The number of aliphatic hydroxyl groups is 1. The number of hydrogen-bond acceptors (Lipinski definition) is 4. The van der Waals surface area contributed by atoms with Gasteiger partial charge in [0.15, 0.2) is 0 Å². The van der Waals surface area contributed by atoms with E-state index in [1.165, 1.54) is 6.42 Å². The smallest absolute Gasteiger partial charge is 0.144 e. The van der Waals surface area contributed by atoms with Gasteiger partial charge in [-0.2, -0.15) is 0 Å². The summed E-state index contributed by atoms with van der Waals surface area (Å²) in [4.78, 5) is 0. The summed E-state index contributed by atoms with van der Waals surface area (Å²) in [6, 6.07) is 0. The van der Waals surface area contributed by atoms with E-state index in [0.29, 0.717) is 12.5 Å². The highest BCUT2D eigenvalue weighted by Crippen LogP contribution is 2.31. The van der Waals surface area contributed by atoms with Crippen molar-refractivity contribution in [2.75, 3.05) is 13.1 Å². The lowest BCUT2D eigenvalue weighted by molar-refractivity contribution is -0.0118. The monoisotopic (exact) mass is 271 g/mol. The van der Waals surface area contributed by atoms with Crippen molar-refractivity contribution in [3.8, 4) is 0 Å². The van der Waals surface area contributed by atoms with E-state index in [-0.39, 0.29) is 11.3 Å².